The van der Waals surface area contributed by atoms with Gasteiger partial charge in [0.05, 0.1) is 11.9 Å². The van der Waals surface area contributed by atoms with Crippen molar-refractivity contribution in [2.45, 2.75) is 45.7 Å². The lowest BCUT2D eigenvalue weighted by Crippen LogP contribution is -2.31. The van der Waals surface area contributed by atoms with E-state index in [0.29, 0.717) is 0 Å². The third kappa shape index (κ3) is 3.71. The smallest absolute Gasteiger partial charge is 0.159 e. The predicted molar refractivity (Wildman–Crippen MR) is 107 cm³/mol. The van der Waals surface area contributed by atoms with E-state index in [-0.39, 0.29) is 5.41 Å². The summed E-state index contributed by atoms with van der Waals surface area (Å²) in [5, 5.41) is 7.44. The highest BCUT2D eigenvalue weighted by atomic mass is 15.2. The van der Waals surface area contributed by atoms with Crippen molar-refractivity contribution in [2.24, 2.45) is 0 Å². The monoisotopic (exact) mass is 362 g/mol. The number of nitrogen functional groups attached to an aromatic ring is 1. The Morgan fingerprint density at radius 2 is 1.93 bits per heavy atom. The molecule has 0 fully saturated rings. The normalized spacial score (nSPS) is 14.9. The molecule has 3 heterocycles. The number of rotatable bonds is 3. The second kappa shape index (κ2) is 6.78. The Labute approximate surface area is 159 Å². The minimum Gasteiger partial charge on any atom is -0.399 e. The zero-order valence-corrected chi connectivity index (χ0v) is 16.2. The van der Waals surface area contributed by atoms with Crippen LogP contribution in [0.25, 0.3) is 11.4 Å². The fourth-order valence-electron chi connectivity index (χ4n) is 3.60. The van der Waals surface area contributed by atoms with Crippen molar-refractivity contribution in [3.63, 3.8) is 0 Å². The van der Waals surface area contributed by atoms with Gasteiger partial charge in [0, 0.05) is 65.7 Å². The number of nitrogens with zero attached hydrogens (tertiary/aromatic N) is 4. The van der Waals surface area contributed by atoms with Crippen LogP contribution in [0, 0.1) is 0 Å². The Bertz CT molecular complexity index is 936. The van der Waals surface area contributed by atoms with Gasteiger partial charge < -0.3 is 5.73 Å². The molecule has 1 aliphatic heterocycles. The second-order valence-corrected chi connectivity index (χ2v) is 8.27. The van der Waals surface area contributed by atoms with E-state index < -0.39 is 0 Å². The summed E-state index contributed by atoms with van der Waals surface area (Å²) in [7, 11) is 0. The van der Waals surface area contributed by atoms with Gasteiger partial charge in [0.25, 0.3) is 0 Å². The highest BCUT2D eigenvalue weighted by molar-refractivity contribution is 5.58. The van der Waals surface area contributed by atoms with E-state index in [1.807, 2.05) is 36.7 Å². The van der Waals surface area contributed by atoms with E-state index in [1.165, 1.54) is 16.8 Å². The number of anilines is 1. The van der Waals surface area contributed by atoms with Crippen LogP contribution in [0.3, 0.4) is 0 Å². The Morgan fingerprint density at radius 1 is 1.15 bits per heavy atom. The zero-order chi connectivity index (χ0) is 19.0. The van der Waals surface area contributed by atoms with Crippen molar-refractivity contribution in [1.82, 2.24) is 25.1 Å². The van der Waals surface area contributed by atoms with Gasteiger partial charge in [-0.1, -0.05) is 20.8 Å². The molecule has 0 amide bonds. The van der Waals surface area contributed by atoms with E-state index in [0.717, 1.165) is 48.8 Å². The summed E-state index contributed by atoms with van der Waals surface area (Å²) in [5.41, 5.74) is 12.4. The molecule has 0 spiro atoms. The van der Waals surface area contributed by atoms with Crippen LogP contribution in [-0.4, -0.2) is 31.6 Å². The molecule has 1 aromatic carbocycles. The number of hydrogen-bond acceptors (Lipinski definition) is 5. The van der Waals surface area contributed by atoms with Gasteiger partial charge in [-0.3, -0.25) is 10.00 Å². The predicted octanol–water partition coefficient (Wildman–Crippen LogP) is 3.30. The Morgan fingerprint density at radius 3 is 2.67 bits per heavy atom. The second-order valence-electron chi connectivity index (χ2n) is 8.27. The topological polar surface area (TPSA) is 83.7 Å². The van der Waals surface area contributed by atoms with Crippen molar-refractivity contribution >= 4 is 5.69 Å². The van der Waals surface area contributed by atoms with E-state index >= 15 is 0 Å². The van der Waals surface area contributed by atoms with Crippen LogP contribution in [0.1, 0.15) is 43.3 Å². The maximum Gasteiger partial charge on any atom is 0.159 e. The highest BCUT2D eigenvalue weighted by Gasteiger charge is 2.24. The molecule has 3 N–H and O–H groups in total. The molecule has 0 aliphatic carbocycles. The van der Waals surface area contributed by atoms with Crippen LogP contribution < -0.4 is 5.73 Å². The SMILES string of the molecule is CC(C)(C)c1[nH]ncc1CN1CCc2nc(-c3ccc(N)cc3)ncc2C1. The molecule has 1 aliphatic rings. The highest BCUT2D eigenvalue weighted by Crippen LogP contribution is 2.27. The van der Waals surface area contributed by atoms with Crippen LogP contribution in [0.4, 0.5) is 5.69 Å². The van der Waals surface area contributed by atoms with Crippen LogP contribution in [0.5, 0.6) is 0 Å². The number of fused-ring (bicyclic) bond motifs is 1. The number of aromatic amines is 1. The lowest BCUT2D eigenvalue weighted by atomic mass is 9.89. The maximum absolute atomic E-state index is 5.77. The molecular weight excluding hydrogens is 336 g/mol. The summed E-state index contributed by atoms with van der Waals surface area (Å²) in [6.07, 6.45) is 4.86. The van der Waals surface area contributed by atoms with Crippen molar-refractivity contribution in [3.8, 4) is 11.4 Å². The summed E-state index contributed by atoms with van der Waals surface area (Å²) in [5.74, 6) is 0.770. The molecule has 0 saturated carbocycles. The summed E-state index contributed by atoms with van der Waals surface area (Å²) in [6, 6.07) is 7.72. The van der Waals surface area contributed by atoms with Crippen molar-refractivity contribution in [1.29, 1.82) is 0 Å². The van der Waals surface area contributed by atoms with Gasteiger partial charge >= 0.3 is 0 Å². The van der Waals surface area contributed by atoms with Crippen molar-refractivity contribution in [2.75, 3.05) is 12.3 Å². The molecule has 6 heteroatoms. The van der Waals surface area contributed by atoms with Gasteiger partial charge in [0.15, 0.2) is 5.82 Å². The van der Waals surface area contributed by atoms with Gasteiger partial charge in [0.2, 0.25) is 0 Å². The first-order valence-corrected chi connectivity index (χ1v) is 9.36. The van der Waals surface area contributed by atoms with Gasteiger partial charge in [-0.2, -0.15) is 5.10 Å². The number of benzene rings is 1. The Kier molecular flexibility index (Phi) is 4.44. The molecule has 3 aromatic rings. The zero-order valence-electron chi connectivity index (χ0n) is 16.2. The first kappa shape index (κ1) is 17.7. The van der Waals surface area contributed by atoms with Crippen molar-refractivity contribution < 1.29 is 0 Å². The third-order valence-corrected chi connectivity index (χ3v) is 5.04. The fourth-order valence-corrected chi connectivity index (χ4v) is 3.60. The van der Waals surface area contributed by atoms with E-state index in [1.54, 1.807) is 0 Å². The molecular formula is C21H26N6. The van der Waals surface area contributed by atoms with Gasteiger partial charge in [-0.25, -0.2) is 9.97 Å². The van der Waals surface area contributed by atoms with Crippen LogP contribution in [-0.2, 0) is 24.9 Å². The number of nitrogens with two attached hydrogens (primary N) is 1. The standard InChI is InChI=1S/C21H26N6/c1-21(2,3)19-16(11-24-26-19)13-27-9-8-18-15(12-27)10-23-20(25-18)14-4-6-17(22)7-5-14/h4-7,10-11H,8-9,12-13,22H2,1-3H3,(H,24,26). The van der Waals surface area contributed by atoms with Gasteiger partial charge in [-0.05, 0) is 24.3 Å². The molecule has 6 nitrogen and oxygen atoms in total. The molecule has 140 valence electrons. The van der Waals surface area contributed by atoms with Gasteiger partial charge in [-0.15, -0.1) is 0 Å². The Balaban J connectivity index is 1.51. The number of nitrogens with one attached hydrogen (secondary N) is 1. The first-order valence-electron chi connectivity index (χ1n) is 9.36. The molecule has 2 aromatic heterocycles. The van der Waals surface area contributed by atoms with Crippen molar-refractivity contribution in [3.05, 3.63) is 59.2 Å². The summed E-state index contributed by atoms with van der Waals surface area (Å²) < 4.78 is 0. The summed E-state index contributed by atoms with van der Waals surface area (Å²) in [4.78, 5) is 11.8. The average Bonchev–Trinajstić information content (AvgIpc) is 3.10. The maximum atomic E-state index is 5.77. The minimum atomic E-state index is 0.0661. The Hall–Kier alpha value is -2.73. The molecule has 0 unspecified atom stereocenters. The first-order chi connectivity index (χ1) is 12.9. The average molecular weight is 362 g/mol. The van der Waals surface area contributed by atoms with Gasteiger partial charge in [0.1, 0.15) is 0 Å². The fraction of sp³-hybridized carbons (Fsp3) is 0.381. The van der Waals surface area contributed by atoms with E-state index in [2.05, 4.69) is 40.9 Å². The quantitative estimate of drug-likeness (QED) is 0.699. The van der Waals surface area contributed by atoms with Crippen LogP contribution in [0.2, 0.25) is 0 Å². The molecule has 0 bridgehead atoms. The van der Waals surface area contributed by atoms with Crippen LogP contribution in [0.15, 0.2) is 36.7 Å². The van der Waals surface area contributed by atoms with Crippen LogP contribution >= 0.6 is 0 Å². The molecule has 0 radical (unpaired) electrons. The molecule has 0 saturated heterocycles. The number of aromatic nitrogens is 4. The molecule has 27 heavy (non-hydrogen) atoms. The summed E-state index contributed by atoms with van der Waals surface area (Å²) >= 11 is 0. The third-order valence-electron chi connectivity index (χ3n) is 5.04. The molecule has 4 rings (SSSR count). The van der Waals surface area contributed by atoms with E-state index in [4.69, 9.17) is 10.7 Å². The minimum absolute atomic E-state index is 0.0661. The lowest BCUT2D eigenvalue weighted by Gasteiger charge is -2.29. The van der Waals surface area contributed by atoms with E-state index in [9.17, 15) is 0 Å². The number of H-pyrrole nitrogens is 1. The molecule has 0 atom stereocenters. The summed E-state index contributed by atoms with van der Waals surface area (Å²) in [6.45, 7) is 9.38. The lowest BCUT2D eigenvalue weighted by molar-refractivity contribution is 0.241. The largest absolute Gasteiger partial charge is 0.399 e. The number of hydrogen-bond donors (Lipinski definition) is 2.